The Bertz CT molecular complexity index is 892. The van der Waals surface area contributed by atoms with Gasteiger partial charge in [-0.05, 0) is 13.0 Å². The lowest BCUT2D eigenvalue weighted by molar-refractivity contribution is -0.116. The van der Waals surface area contributed by atoms with Crippen molar-refractivity contribution in [3.8, 4) is 0 Å². The Kier molecular flexibility index (Phi) is 4.47. The molecule has 1 N–H and O–H groups in total. The number of rotatable bonds is 5. The number of hydrogen-bond donors (Lipinski definition) is 1. The summed E-state index contributed by atoms with van der Waals surface area (Å²) in [5.41, 5.74) is 3.60. The van der Waals surface area contributed by atoms with Crippen molar-refractivity contribution < 1.29 is 9.59 Å². The first-order chi connectivity index (χ1) is 11.5. The van der Waals surface area contributed by atoms with E-state index in [1.807, 2.05) is 61.1 Å². The molecule has 0 radical (unpaired) electrons. The Morgan fingerprint density at radius 2 is 1.71 bits per heavy atom. The van der Waals surface area contributed by atoms with E-state index in [1.165, 1.54) is 0 Å². The van der Waals surface area contributed by atoms with Gasteiger partial charge in [0.15, 0.2) is 5.78 Å². The Hall–Kier alpha value is -2.88. The minimum atomic E-state index is -0.146. The molecule has 0 saturated carbocycles. The Morgan fingerprint density at radius 3 is 2.46 bits per heavy atom. The van der Waals surface area contributed by atoms with Crippen LogP contribution in [0.5, 0.6) is 0 Å². The maximum Gasteiger partial charge on any atom is 0.224 e. The number of aryl methyl sites for hydroxylation is 2. The molecule has 3 aromatic rings. The third-order valence-corrected chi connectivity index (χ3v) is 4.12. The van der Waals surface area contributed by atoms with Crippen molar-refractivity contribution in [2.45, 2.75) is 19.8 Å². The standard InChI is InChI=1S/C20H20N2O2/c1-14-7-9-15(10-8-14)19(23)11-12-20(24)21-17-13-22(2)18-6-4-3-5-16(17)18/h3-10,13H,11-12H2,1-2H3,(H,21,24). The number of carbonyl (C=O) groups is 2. The molecule has 2 aromatic carbocycles. The normalized spacial score (nSPS) is 10.8. The number of aromatic nitrogens is 1. The number of anilines is 1. The number of amides is 1. The molecule has 1 amide bonds. The molecule has 24 heavy (non-hydrogen) atoms. The highest BCUT2D eigenvalue weighted by atomic mass is 16.2. The van der Waals surface area contributed by atoms with E-state index in [0.29, 0.717) is 5.56 Å². The van der Waals surface area contributed by atoms with Gasteiger partial charge in [0.1, 0.15) is 0 Å². The van der Waals surface area contributed by atoms with E-state index in [-0.39, 0.29) is 24.5 Å². The molecule has 1 aromatic heterocycles. The lowest BCUT2D eigenvalue weighted by Crippen LogP contribution is -2.13. The van der Waals surface area contributed by atoms with Crippen LogP contribution in [0.15, 0.2) is 54.7 Å². The summed E-state index contributed by atoms with van der Waals surface area (Å²) in [7, 11) is 1.94. The summed E-state index contributed by atoms with van der Waals surface area (Å²) in [4.78, 5) is 24.3. The SMILES string of the molecule is Cc1ccc(C(=O)CCC(=O)Nc2cn(C)c3ccccc23)cc1. The first-order valence-electron chi connectivity index (χ1n) is 7.98. The number of fused-ring (bicyclic) bond motifs is 1. The fraction of sp³-hybridized carbons (Fsp3) is 0.200. The van der Waals surface area contributed by atoms with Crippen molar-refractivity contribution in [1.82, 2.24) is 4.57 Å². The second kappa shape index (κ2) is 6.71. The molecule has 122 valence electrons. The fourth-order valence-corrected chi connectivity index (χ4v) is 2.76. The third kappa shape index (κ3) is 3.38. The molecule has 0 atom stereocenters. The summed E-state index contributed by atoms with van der Waals surface area (Å²) in [5, 5.41) is 3.91. The van der Waals surface area contributed by atoms with Crippen LogP contribution in [0.2, 0.25) is 0 Å². The summed E-state index contributed by atoms with van der Waals surface area (Å²) >= 11 is 0. The van der Waals surface area contributed by atoms with Gasteiger partial charge in [-0.2, -0.15) is 0 Å². The van der Waals surface area contributed by atoms with E-state index in [2.05, 4.69) is 5.32 Å². The minimum Gasteiger partial charge on any atom is -0.348 e. The highest BCUT2D eigenvalue weighted by Crippen LogP contribution is 2.25. The number of para-hydroxylation sites is 1. The molecule has 0 aliphatic heterocycles. The van der Waals surface area contributed by atoms with Gasteiger partial charge in [-0.15, -0.1) is 0 Å². The van der Waals surface area contributed by atoms with Gasteiger partial charge in [0.2, 0.25) is 5.91 Å². The van der Waals surface area contributed by atoms with E-state index >= 15 is 0 Å². The van der Waals surface area contributed by atoms with Crippen molar-refractivity contribution in [3.63, 3.8) is 0 Å². The van der Waals surface area contributed by atoms with Crippen LogP contribution in [0.3, 0.4) is 0 Å². The number of carbonyl (C=O) groups excluding carboxylic acids is 2. The van der Waals surface area contributed by atoms with Crippen LogP contribution in [0.1, 0.15) is 28.8 Å². The van der Waals surface area contributed by atoms with Gasteiger partial charge in [0.05, 0.1) is 5.69 Å². The van der Waals surface area contributed by atoms with Gasteiger partial charge in [-0.3, -0.25) is 9.59 Å². The number of hydrogen-bond acceptors (Lipinski definition) is 2. The van der Waals surface area contributed by atoms with Crippen LogP contribution in [0.25, 0.3) is 10.9 Å². The molecule has 1 heterocycles. The van der Waals surface area contributed by atoms with Crippen LogP contribution < -0.4 is 5.32 Å². The van der Waals surface area contributed by atoms with Crippen LogP contribution in [0, 0.1) is 6.92 Å². The molecular weight excluding hydrogens is 300 g/mol. The fourth-order valence-electron chi connectivity index (χ4n) is 2.76. The Labute approximate surface area is 141 Å². The van der Waals surface area contributed by atoms with Gasteiger partial charge in [-0.1, -0.05) is 48.0 Å². The lowest BCUT2D eigenvalue weighted by atomic mass is 10.0. The van der Waals surface area contributed by atoms with Crippen molar-refractivity contribution >= 4 is 28.3 Å². The number of nitrogens with one attached hydrogen (secondary N) is 1. The maximum atomic E-state index is 12.2. The zero-order valence-electron chi connectivity index (χ0n) is 13.9. The minimum absolute atomic E-state index is 0.0110. The molecule has 0 unspecified atom stereocenters. The molecule has 0 fully saturated rings. The summed E-state index contributed by atoms with van der Waals surface area (Å²) in [6.45, 7) is 1.98. The van der Waals surface area contributed by atoms with Gasteiger partial charge >= 0.3 is 0 Å². The molecule has 4 nitrogen and oxygen atoms in total. The monoisotopic (exact) mass is 320 g/mol. The van der Waals surface area contributed by atoms with Crippen molar-refractivity contribution in [1.29, 1.82) is 0 Å². The third-order valence-electron chi connectivity index (χ3n) is 4.12. The quantitative estimate of drug-likeness (QED) is 0.720. The van der Waals surface area contributed by atoms with Gasteiger partial charge in [-0.25, -0.2) is 0 Å². The van der Waals surface area contributed by atoms with Crippen LogP contribution in [-0.2, 0) is 11.8 Å². The number of Topliss-reactive ketones (excluding diaryl/α,β-unsaturated/α-hetero) is 1. The van der Waals surface area contributed by atoms with Crippen LogP contribution in [0.4, 0.5) is 5.69 Å². The molecule has 0 aliphatic rings. The van der Waals surface area contributed by atoms with Gasteiger partial charge in [0, 0.05) is 42.6 Å². The Balaban J connectivity index is 1.63. The van der Waals surface area contributed by atoms with E-state index < -0.39 is 0 Å². The predicted octanol–water partition coefficient (Wildman–Crippen LogP) is 4.09. The van der Waals surface area contributed by atoms with E-state index in [4.69, 9.17) is 0 Å². The summed E-state index contributed by atoms with van der Waals surface area (Å²) in [6, 6.07) is 15.3. The second-order valence-electron chi connectivity index (χ2n) is 6.01. The predicted molar refractivity (Wildman–Crippen MR) is 96.3 cm³/mol. The first-order valence-corrected chi connectivity index (χ1v) is 7.98. The zero-order chi connectivity index (χ0) is 17.1. The first kappa shape index (κ1) is 16.0. The smallest absolute Gasteiger partial charge is 0.224 e. The Morgan fingerprint density at radius 1 is 1.00 bits per heavy atom. The maximum absolute atomic E-state index is 12.2. The zero-order valence-corrected chi connectivity index (χ0v) is 13.9. The molecule has 0 spiro atoms. The van der Waals surface area contributed by atoms with E-state index in [1.54, 1.807) is 12.1 Å². The topological polar surface area (TPSA) is 51.1 Å². The van der Waals surface area contributed by atoms with Crippen LogP contribution in [-0.4, -0.2) is 16.3 Å². The van der Waals surface area contributed by atoms with Crippen molar-refractivity contribution in [2.24, 2.45) is 7.05 Å². The van der Waals surface area contributed by atoms with Crippen molar-refractivity contribution in [3.05, 3.63) is 65.9 Å². The van der Waals surface area contributed by atoms with E-state index in [0.717, 1.165) is 22.2 Å². The molecule has 0 aliphatic carbocycles. The lowest BCUT2D eigenvalue weighted by Gasteiger charge is -2.04. The molecular formula is C20H20N2O2. The van der Waals surface area contributed by atoms with Gasteiger partial charge < -0.3 is 9.88 Å². The average Bonchev–Trinajstić information content (AvgIpc) is 2.90. The molecule has 0 bridgehead atoms. The highest BCUT2D eigenvalue weighted by Gasteiger charge is 2.12. The summed E-state index contributed by atoms with van der Waals surface area (Å²) in [6.07, 6.45) is 2.28. The largest absolute Gasteiger partial charge is 0.348 e. The van der Waals surface area contributed by atoms with Gasteiger partial charge in [0.25, 0.3) is 0 Å². The second-order valence-corrected chi connectivity index (χ2v) is 6.01. The molecule has 0 saturated heterocycles. The van der Waals surface area contributed by atoms with E-state index in [9.17, 15) is 9.59 Å². The molecule has 3 rings (SSSR count). The number of benzene rings is 2. The summed E-state index contributed by atoms with van der Waals surface area (Å²) < 4.78 is 1.97. The van der Waals surface area contributed by atoms with Crippen LogP contribution >= 0.6 is 0 Å². The summed E-state index contributed by atoms with van der Waals surface area (Å²) in [5.74, 6) is -0.158. The van der Waals surface area contributed by atoms with Crippen molar-refractivity contribution in [2.75, 3.05) is 5.32 Å². The highest BCUT2D eigenvalue weighted by molar-refractivity contribution is 6.04. The number of ketones is 1. The number of nitrogens with zero attached hydrogens (tertiary/aromatic N) is 1. The molecule has 4 heteroatoms. The average molecular weight is 320 g/mol.